The molecule has 1 aliphatic heterocycles. The first-order valence-corrected chi connectivity index (χ1v) is 2.19. The lowest BCUT2D eigenvalue weighted by Gasteiger charge is -2.08. The Hall–Kier alpha value is -0.0800. The van der Waals surface area contributed by atoms with E-state index < -0.39 is 0 Å². The minimum absolute atomic E-state index is 0.858. The van der Waals surface area contributed by atoms with Crippen molar-refractivity contribution >= 4 is 0 Å². The average Bonchev–Trinajstić information content (AvgIpc) is 1.72. The van der Waals surface area contributed by atoms with Crippen LogP contribution in [-0.2, 0) is 4.84 Å². The topological polar surface area (TPSA) is 21.3 Å². The Morgan fingerprint density at radius 2 is 2.67 bits per heavy atom. The molecule has 2 heteroatoms. The Kier molecular flexibility index (Phi) is 1.47. The third kappa shape index (κ3) is 0.954. The van der Waals surface area contributed by atoms with Crippen molar-refractivity contribution in [2.45, 2.75) is 12.8 Å². The zero-order chi connectivity index (χ0) is 4.24. The van der Waals surface area contributed by atoms with Gasteiger partial charge in [-0.25, -0.2) is 0 Å². The summed E-state index contributed by atoms with van der Waals surface area (Å²) in [6.07, 6.45) is 2.30. The van der Waals surface area contributed by atoms with Gasteiger partial charge in [-0.15, -0.1) is 0 Å². The molecule has 1 aliphatic rings. The van der Waals surface area contributed by atoms with E-state index in [1.807, 2.05) is 6.54 Å². The van der Waals surface area contributed by atoms with E-state index >= 15 is 0 Å². The fraction of sp³-hybridized carbons (Fsp3) is 0.750. The van der Waals surface area contributed by atoms with E-state index in [9.17, 15) is 0 Å². The van der Waals surface area contributed by atoms with Gasteiger partial charge in [0.25, 0.3) is 0 Å². The highest BCUT2D eigenvalue weighted by Crippen LogP contribution is 1.95. The van der Waals surface area contributed by atoms with Crippen molar-refractivity contribution < 1.29 is 4.84 Å². The third-order valence-electron chi connectivity index (χ3n) is 0.762. The molecule has 0 aromatic carbocycles. The second-order valence-corrected chi connectivity index (χ2v) is 1.31. The molecule has 0 atom stereocenters. The van der Waals surface area contributed by atoms with Crippen LogP contribution >= 0.6 is 0 Å². The Balaban J connectivity index is 2.00. The molecule has 1 radical (unpaired) electrons. The van der Waals surface area contributed by atoms with Crippen LogP contribution in [0.3, 0.4) is 0 Å². The molecule has 0 aliphatic carbocycles. The molecule has 1 saturated heterocycles. The van der Waals surface area contributed by atoms with Gasteiger partial charge in [0.15, 0.2) is 0 Å². The number of hydrogen-bond donors (Lipinski definition) is 1. The van der Waals surface area contributed by atoms with Crippen molar-refractivity contribution in [3.05, 3.63) is 6.54 Å². The molecule has 1 rings (SSSR count). The summed E-state index contributed by atoms with van der Waals surface area (Å²) in [6, 6.07) is 0. The molecular formula is C4H8NO. The number of nitrogens with one attached hydrogen (secondary N) is 1. The van der Waals surface area contributed by atoms with Crippen molar-refractivity contribution in [1.29, 1.82) is 0 Å². The largest absolute Gasteiger partial charge is 0.301 e. The highest BCUT2D eigenvalue weighted by molar-refractivity contribution is 4.57. The monoisotopic (exact) mass is 86.1 g/mol. The SMILES string of the molecule is [CH]1CCCON1. The molecular weight excluding hydrogens is 78.0 g/mol. The van der Waals surface area contributed by atoms with Gasteiger partial charge in [-0.1, -0.05) is 0 Å². The maximum Gasteiger partial charge on any atom is 0.0682 e. The van der Waals surface area contributed by atoms with E-state index in [4.69, 9.17) is 4.84 Å². The molecule has 2 nitrogen and oxygen atoms in total. The molecule has 0 bridgehead atoms. The lowest BCUT2D eigenvalue weighted by atomic mass is 10.3. The summed E-state index contributed by atoms with van der Waals surface area (Å²) >= 11 is 0. The molecule has 1 fully saturated rings. The second kappa shape index (κ2) is 2.16. The lowest BCUT2D eigenvalue weighted by Crippen LogP contribution is -2.17. The predicted octanol–water partition coefficient (Wildman–Crippen LogP) is 0.463. The minimum atomic E-state index is 0.858. The third-order valence-corrected chi connectivity index (χ3v) is 0.762. The maximum absolute atomic E-state index is 4.76. The summed E-state index contributed by atoms with van der Waals surface area (Å²) in [5, 5.41) is 0. The quantitative estimate of drug-likeness (QED) is 0.462. The summed E-state index contributed by atoms with van der Waals surface area (Å²) in [5.41, 5.74) is 2.66. The van der Waals surface area contributed by atoms with Crippen molar-refractivity contribution in [2.24, 2.45) is 0 Å². The van der Waals surface area contributed by atoms with Crippen molar-refractivity contribution in [1.82, 2.24) is 5.48 Å². The van der Waals surface area contributed by atoms with E-state index in [0.717, 1.165) is 19.4 Å². The van der Waals surface area contributed by atoms with Crippen LogP contribution < -0.4 is 5.48 Å². The first kappa shape index (κ1) is 4.09. The van der Waals surface area contributed by atoms with Crippen LogP contribution in [0.4, 0.5) is 0 Å². The normalized spacial score (nSPS) is 24.0. The summed E-state index contributed by atoms with van der Waals surface area (Å²) in [4.78, 5) is 4.76. The summed E-state index contributed by atoms with van der Waals surface area (Å²) in [7, 11) is 0. The Morgan fingerprint density at radius 3 is 2.83 bits per heavy atom. The van der Waals surface area contributed by atoms with E-state index in [1.54, 1.807) is 0 Å². The number of hydrogen-bond acceptors (Lipinski definition) is 2. The van der Waals surface area contributed by atoms with Crippen LogP contribution in [0.15, 0.2) is 0 Å². The van der Waals surface area contributed by atoms with Gasteiger partial charge in [-0.3, -0.25) is 0 Å². The van der Waals surface area contributed by atoms with Crippen LogP contribution in [-0.4, -0.2) is 6.61 Å². The molecule has 0 unspecified atom stereocenters. The van der Waals surface area contributed by atoms with Gasteiger partial charge < -0.3 is 4.84 Å². The van der Waals surface area contributed by atoms with Crippen molar-refractivity contribution in [3.8, 4) is 0 Å². The fourth-order valence-corrected chi connectivity index (χ4v) is 0.434. The van der Waals surface area contributed by atoms with Gasteiger partial charge in [-0.2, -0.15) is 5.48 Å². The van der Waals surface area contributed by atoms with Crippen molar-refractivity contribution in [2.75, 3.05) is 6.61 Å². The molecule has 35 valence electrons. The number of rotatable bonds is 0. The van der Waals surface area contributed by atoms with Gasteiger partial charge in [0.2, 0.25) is 0 Å². The zero-order valence-electron chi connectivity index (χ0n) is 3.61. The predicted molar refractivity (Wildman–Crippen MR) is 22.6 cm³/mol. The van der Waals surface area contributed by atoms with Gasteiger partial charge in [0.05, 0.1) is 6.61 Å². The first-order chi connectivity index (χ1) is 3.00. The van der Waals surface area contributed by atoms with Crippen LogP contribution in [0.5, 0.6) is 0 Å². The van der Waals surface area contributed by atoms with E-state index in [-0.39, 0.29) is 0 Å². The molecule has 0 aromatic rings. The summed E-state index contributed by atoms with van der Waals surface area (Å²) < 4.78 is 0. The second-order valence-electron chi connectivity index (χ2n) is 1.31. The maximum atomic E-state index is 4.76. The number of hydroxylamine groups is 1. The highest BCUT2D eigenvalue weighted by atomic mass is 16.6. The van der Waals surface area contributed by atoms with Gasteiger partial charge in [-0.05, 0) is 12.8 Å². The van der Waals surface area contributed by atoms with Crippen LogP contribution in [0.2, 0.25) is 0 Å². The first-order valence-electron chi connectivity index (χ1n) is 2.19. The van der Waals surface area contributed by atoms with Crippen LogP contribution in [0, 0.1) is 6.54 Å². The van der Waals surface area contributed by atoms with Crippen LogP contribution in [0.25, 0.3) is 0 Å². The standard InChI is InChI=1S/C4H8NO/c1-2-4-6-5-3-1/h3,5H,1-2,4H2. The molecule has 1 N–H and O–H groups in total. The molecule has 0 aromatic heterocycles. The van der Waals surface area contributed by atoms with Gasteiger partial charge in [0, 0.05) is 6.54 Å². The minimum Gasteiger partial charge on any atom is -0.301 e. The van der Waals surface area contributed by atoms with Crippen LogP contribution in [0.1, 0.15) is 12.8 Å². The smallest absolute Gasteiger partial charge is 0.0682 e. The summed E-state index contributed by atoms with van der Waals surface area (Å²) in [5.74, 6) is 0. The molecule has 1 heterocycles. The average molecular weight is 86.1 g/mol. The molecule has 0 amide bonds. The Labute approximate surface area is 37.4 Å². The lowest BCUT2D eigenvalue weighted by molar-refractivity contribution is 0.0337. The highest BCUT2D eigenvalue weighted by Gasteiger charge is 1.94. The van der Waals surface area contributed by atoms with E-state index in [0.29, 0.717) is 0 Å². The van der Waals surface area contributed by atoms with Gasteiger partial charge >= 0.3 is 0 Å². The Bertz CT molecular complexity index is 23.0. The van der Waals surface area contributed by atoms with Gasteiger partial charge in [0.1, 0.15) is 0 Å². The molecule has 6 heavy (non-hydrogen) atoms. The molecule has 0 saturated carbocycles. The summed E-state index contributed by atoms with van der Waals surface area (Å²) in [6.45, 7) is 2.78. The van der Waals surface area contributed by atoms with Crippen molar-refractivity contribution in [3.63, 3.8) is 0 Å². The fourth-order valence-electron chi connectivity index (χ4n) is 0.434. The zero-order valence-corrected chi connectivity index (χ0v) is 3.61. The van der Waals surface area contributed by atoms with E-state index in [2.05, 4.69) is 5.48 Å². The van der Waals surface area contributed by atoms with E-state index in [1.165, 1.54) is 0 Å². The molecule has 0 spiro atoms. The Morgan fingerprint density at radius 1 is 1.67 bits per heavy atom.